The van der Waals surface area contributed by atoms with E-state index in [1.807, 2.05) is 0 Å². The van der Waals surface area contributed by atoms with Crippen LogP contribution in [0.25, 0.3) is 0 Å². The zero-order valence-electron chi connectivity index (χ0n) is 14.8. The fourth-order valence-electron chi connectivity index (χ4n) is 5.02. The molecule has 3 unspecified atom stereocenters. The van der Waals surface area contributed by atoms with E-state index < -0.39 is 0 Å². The lowest BCUT2D eigenvalue weighted by atomic mass is 9.67. The van der Waals surface area contributed by atoms with Crippen molar-refractivity contribution in [3.05, 3.63) is 48.1 Å². The summed E-state index contributed by atoms with van der Waals surface area (Å²) in [6, 6.07) is 0.0937. The van der Waals surface area contributed by atoms with Crippen LogP contribution in [-0.2, 0) is 0 Å². The van der Waals surface area contributed by atoms with E-state index in [1.165, 1.54) is 43.1 Å². The minimum Gasteiger partial charge on any atom is -0.344 e. The molecule has 0 spiro atoms. The van der Waals surface area contributed by atoms with E-state index in [2.05, 4.69) is 59.8 Å². The summed E-state index contributed by atoms with van der Waals surface area (Å²) in [4.78, 5) is 12.1. The van der Waals surface area contributed by atoms with Crippen molar-refractivity contribution in [2.75, 3.05) is 5.32 Å². The van der Waals surface area contributed by atoms with Crippen LogP contribution in [0.5, 0.6) is 0 Å². The molecule has 0 radical (unpaired) electrons. The molecule has 24 heavy (non-hydrogen) atoms. The normalized spacial score (nSPS) is 37.0. The molecular weight excluding hydrogens is 296 g/mol. The summed E-state index contributed by atoms with van der Waals surface area (Å²) in [5, 5.41) is 3.33. The Morgan fingerprint density at radius 1 is 1.21 bits per heavy atom. The number of nitrogens with zero attached hydrogens (tertiary/aromatic N) is 3. The van der Waals surface area contributed by atoms with E-state index in [-0.39, 0.29) is 6.04 Å². The maximum atomic E-state index is 4.32. The number of nitrogens with one attached hydrogen (secondary N) is 1. The Hall–Kier alpha value is -1.97. The molecule has 2 saturated carbocycles. The third kappa shape index (κ3) is 2.15. The number of fused-ring (bicyclic) bond motifs is 2. The van der Waals surface area contributed by atoms with E-state index in [1.54, 1.807) is 5.57 Å². The lowest BCUT2D eigenvalue weighted by Gasteiger charge is -2.37. The van der Waals surface area contributed by atoms with Crippen molar-refractivity contribution in [3.8, 4) is 0 Å². The molecule has 1 aromatic rings. The summed E-state index contributed by atoms with van der Waals surface area (Å²) in [5.74, 6) is 1.44. The van der Waals surface area contributed by atoms with Gasteiger partial charge in [-0.05, 0) is 53.6 Å². The number of aromatic nitrogens is 3. The summed E-state index contributed by atoms with van der Waals surface area (Å²) in [6.45, 7) is 11.7. The maximum absolute atomic E-state index is 4.32. The average Bonchev–Trinajstić information content (AvgIpc) is 2.91. The van der Waals surface area contributed by atoms with Crippen molar-refractivity contribution in [1.82, 2.24) is 15.0 Å². The number of anilines is 1. The molecule has 4 nitrogen and oxygen atoms in total. The lowest BCUT2D eigenvalue weighted by Crippen LogP contribution is -2.29. The first-order valence-corrected chi connectivity index (χ1v) is 8.89. The van der Waals surface area contributed by atoms with Crippen LogP contribution in [0.2, 0.25) is 0 Å². The monoisotopic (exact) mass is 322 g/mol. The van der Waals surface area contributed by atoms with Gasteiger partial charge in [0.05, 0.1) is 6.04 Å². The molecule has 1 N–H and O–H groups in total. The molecular formula is C20H26N4. The summed E-state index contributed by atoms with van der Waals surface area (Å²) >= 11 is 0. The SMILES string of the molecule is C=C1CC(=C2CC3CCC2(C)C3(C)C)C=CC1Nc1ncncn1. The predicted molar refractivity (Wildman–Crippen MR) is 96.4 cm³/mol. The molecule has 3 aliphatic carbocycles. The summed E-state index contributed by atoms with van der Waals surface area (Å²) in [7, 11) is 0. The molecule has 0 amide bonds. The molecule has 0 aromatic carbocycles. The fraction of sp³-hybridized carbons (Fsp3) is 0.550. The molecule has 3 atom stereocenters. The molecule has 0 saturated heterocycles. The smallest absolute Gasteiger partial charge is 0.226 e. The Morgan fingerprint density at radius 3 is 2.54 bits per heavy atom. The van der Waals surface area contributed by atoms with Gasteiger partial charge in [-0.2, -0.15) is 0 Å². The molecule has 126 valence electrons. The van der Waals surface area contributed by atoms with Gasteiger partial charge in [0, 0.05) is 0 Å². The van der Waals surface area contributed by atoms with Crippen molar-refractivity contribution in [1.29, 1.82) is 0 Å². The van der Waals surface area contributed by atoms with E-state index >= 15 is 0 Å². The van der Waals surface area contributed by atoms with Crippen LogP contribution < -0.4 is 5.32 Å². The second kappa shape index (κ2) is 5.27. The van der Waals surface area contributed by atoms with Gasteiger partial charge in [-0.15, -0.1) is 0 Å². The molecule has 0 aliphatic heterocycles. The van der Waals surface area contributed by atoms with Gasteiger partial charge < -0.3 is 5.32 Å². The van der Waals surface area contributed by atoms with Crippen LogP contribution in [0.4, 0.5) is 5.95 Å². The van der Waals surface area contributed by atoms with Crippen LogP contribution >= 0.6 is 0 Å². The first-order valence-electron chi connectivity index (χ1n) is 8.89. The Labute approximate surface area is 144 Å². The fourth-order valence-corrected chi connectivity index (χ4v) is 5.02. The summed E-state index contributed by atoms with van der Waals surface area (Å²) in [6.07, 6.45) is 12.5. The van der Waals surface area contributed by atoms with Gasteiger partial charge in [-0.1, -0.05) is 45.1 Å². The van der Waals surface area contributed by atoms with Crippen LogP contribution in [0.1, 0.15) is 46.5 Å². The van der Waals surface area contributed by atoms with Crippen molar-refractivity contribution in [2.45, 2.75) is 52.5 Å². The van der Waals surface area contributed by atoms with E-state index in [9.17, 15) is 0 Å². The van der Waals surface area contributed by atoms with E-state index in [0.29, 0.717) is 16.8 Å². The average molecular weight is 322 g/mol. The zero-order valence-corrected chi connectivity index (χ0v) is 14.8. The predicted octanol–water partition coefficient (Wildman–Crippen LogP) is 4.31. The molecule has 2 fully saturated rings. The van der Waals surface area contributed by atoms with Crippen LogP contribution in [0.3, 0.4) is 0 Å². The Morgan fingerprint density at radius 2 is 1.96 bits per heavy atom. The van der Waals surface area contributed by atoms with E-state index in [0.717, 1.165) is 12.3 Å². The second-order valence-electron chi connectivity index (χ2n) is 8.28. The molecule has 4 rings (SSSR count). The largest absolute Gasteiger partial charge is 0.344 e. The third-order valence-electron chi connectivity index (χ3n) is 7.06. The van der Waals surface area contributed by atoms with Gasteiger partial charge in [-0.25, -0.2) is 15.0 Å². The highest BCUT2D eigenvalue weighted by Crippen LogP contribution is 2.68. The van der Waals surface area contributed by atoms with Gasteiger partial charge in [0.1, 0.15) is 12.7 Å². The van der Waals surface area contributed by atoms with Crippen molar-refractivity contribution in [2.24, 2.45) is 16.7 Å². The minimum atomic E-state index is 0.0937. The number of rotatable bonds is 2. The maximum Gasteiger partial charge on any atom is 0.226 e. The van der Waals surface area contributed by atoms with Gasteiger partial charge in [0.25, 0.3) is 0 Å². The first-order chi connectivity index (χ1) is 11.4. The van der Waals surface area contributed by atoms with Crippen molar-refractivity contribution >= 4 is 5.95 Å². The Bertz CT molecular complexity index is 731. The standard InChI is InChI=1S/C20H26N4/c1-13-9-14(5-6-17(13)24-18-22-11-21-12-23-18)16-10-15-7-8-20(16,4)19(15,2)3/h5-6,11-12,15,17H,1,7-10H2,2-4H3,(H,21,22,23,24). The summed E-state index contributed by atoms with van der Waals surface area (Å²) in [5.41, 5.74) is 5.13. The van der Waals surface area contributed by atoms with Crippen LogP contribution in [-0.4, -0.2) is 21.0 Å². The number of hydrogen-bond acceptors (Lipinski definition) is 4. The van der Waals surface area contributed by atoms with E-state index in [4.69, 9.17) is 0 Å². The van der Waals surface area contributed by atoms with Crippen LogP contribution in [0.15, 0.2) is 48.1 Å². The van der Waals surface area contributed by atoms with Gasteiger partial charge in [0.2, 0.25) is 5.95 Å². The third-order valence-corrected chi connectivity index (χ3v) is 7.06. The molecule has 1 heterocycles. The zero-order chi connectivity index (χ0) is 16.9. The first kappa shape index (κ1) is 15.6. The number of hydrogen-bond donors (Lipinski definition) is 1. The van der Waals surface area contributed by atoms with Crippen LogP contribution in [0, 0.1) is 16.7 Å². The molecule has 2 bridgehead atoms. The Kier molecular flexibility index (Phi) is 3.41. The van der Waals surface area contributed by atoms with Gasteiger partial charge in [0.15, 0.2) is 0 Å². The van der Waals surface area contributed by atoms with Gasteiger partial charge >= 0.3 is 0 Å². The number of allylic oxidation sites excluding steroid dienone is 3. The molecule has 3 aliphatic rings. The van der Waals surface area contributed by atoms with Gasteiger partial charge in [-0.3, -0.25) is 0 Å². The highest BCUT2D eigenvalue weighted by atomic mass is 15.1. The Balaban J connectivity index is 1.60. The van der Waals surface area contributed by atoms with Crippen molar-refractivity contribution < 1.29 is 0 Å². The highest BCUT2D eigenvalue weighted by molar-refractivity contribution is 5.47. The summed E-state index contributed by atoms with van der Waals surface area (Å²) < 4.78 is 0. The second-order valence-corrected chi connectivity index (χ2v) is 8.28. The molecule has 4 heteroatoms. The highest BCUT2D eigenvalue weighted by Gasteiger charge is 2.59. The lowest BCUT2D eigenvalue weighted by molar-refractivity contribution is 0.178. The quantitative estimate of drug-likeness (QED) is 0.824. The minimum absolute atomic E-state index is 0.0937. The molecule has 1 aromatic heterocycles. The van der Waals surface area contributed by atoms with Crippen molar-refractivity contribution in [3.63, 3.8) is 0 Å². The topological polar surface area (TPSA) is 50.7 Å².